The van der Waals surface area contributed by atoms with Gasteiger partial charge in [0.15, 0.2) is 0 Å². The summed E-state index contributed by atoms with van der Waals surface area (Å²) in [6, 6.07) is 18.0. The van der Waals surface area contributed by atoms with Crippen molar-refractivity contribution in [3.63, 3.8) is 0 Å². The van der Waals surface area contributed by atoms with Crippen LogP contribution in [0.3, 0.4) is 0 Å². The van der Waals surface area contributed by atoms with Gasteiger partial charge in [-0.25, -0.2) is 0 Å². The molecule has 0 saturated heterocycles. The first-order valence-electron chi connectivity index (χ1n) is 6.67. The number of fused-ring (bicyclic) bond motifs is 1. The van der Waals surface area contributed by atoms with Gasteiger partial charge in [0.1, 0.15) is 0 Å². The van der Waals surface area contributed by atoms with Crippen molar-refractivity contribution >= 4 is 17.3 Å². The Hall–Kier alpha value is -2.09. The third-order valence-corrected chi connectivity index (χ3v) is 4.14. The number of hydrogen-bond acceptors (Lipinski definition) is 1. The van der Waals surface area contributed by atoms with E-state index in [1.54, 1.807) is 0 Å². The van der Waals surface area contributed by atoms with Crippen LogP contribution in [0.2, 0.25) is 0 Å². The molecule has 0 aliphatic carbocycles. The largest absolute Gasteiger partial charge is 0.280 e. The second-order valence-corrected chi connectivity index (χ2v) is 5.18. The maximum Gasteiger partial charge on any atom is 0.241 e. The van der Waals surface area contributed by atoms with Gasteiger partial charge in [-0.3, -0.25) is 9.69 Å². The minimum Gasteiger partial charge on any atom is -0.280 e. The van der Waals surface area contributed by atoms with Crippen LogP contribution in [-0.4, -0.2) is 5.91 Å². The number of amides is 1. The van der Waals surface area contributed by atoms with E-state index in [-0.39, 0.29) is 5.91 Å². The third-order valence-electron chi connectivity index (χ3n) is 4.14. The molecule has 0 bridgehead atoms. The van der Waals surface area contributed by atoms with Crippen molar-refractivity contribution in [1.82, 2.24) is 0 Å². The monoisotopic (exact) mass is 251 g/mol. The molecule has 19 heavy (non-hydrogen) atoms. The number of para-hydroxylation sites is 2. The number of carbonyl (C=O) groups is 1. The molecule has 0 aromatic heterocycles. The maximum atomic E-state index is 12.8. The van der Waals surface area contributed by atoms with Gasteiger partial charge in [-0.05, 0) is 37.1 Å². The molecular formula is C17H17NO. The highest BCUT2D eigenvalue weighted by Gasteiger charge is 2.46. The Kier molecular flexibility index (Phi) is 2.67. The first kappa shape index (κ1) is 12.0. The van der Waals surface area contributed by atoms with Gasteiger partial charge in [-0.1, -0.05) is 43.3 Å². The Bertz CT molecular complexity index is 620. The molecule has 2 aromatic carbocycles. The van der Waals surface area contributed by atoms with Crippen LogP contribution < -0.4 is 4.90 Å². The second-order valence-electron chi connectivity index (χ2n) is 5.18. The first-order chi connectivity index (χ1) is 9.18. The van der Waals surface area contributed by atoms with Crippen molar-refractivity contribution in [2.24, 2.45) is 0 Å². The van der Waals surface area contributed by atoms with Crippen LogP contribution in [0.1, 0.15) is 25.8 Å². The third kappa shape index (κ3) is 1.60. The van der Waals surface area contributed by atoms with Crippen molar-refractivity contribution in [1.29, 1.82) is 0 Å². The van der Waals surface area contributed by atoms with Crippen LogP contribution in [-0.2, 0) is 10.2 Å². The molecule has 0 N–H and O–H groups in total. The smallest absolute Gasteiger partial charge is 0.241 e. The van der Waals surface area contributed by atoms with Gasteiger partial charge in [-0.15, -0.1) is 0 Å². The predicted octanol–water partition coefficient (Wildman–Crippen LogP) is 4.03. The molecule has 0 spiro atoms. The van der Waals surface area contributed by atoms with Gasteiger partial charge >= 0.3 is 0 Å². The summed E-state index contributed by atoms with van der Waals surface area (Å²) in [7, 11) is 0. The molecule has 3 rings (SSSR count). The van der Waals surface area contributed by atoms with E-state index < -0.39 is 5.41 Å². The number of benzene rings is 2. The molecule has 1 heterocycles. The maximum absolute atomic E-state index is 12.8. The van der Waals surface area contributed by atoms with Crippen LogP contribution in [0.4, 0.5) is 11.4 Å². The van der Waals surface area contributed by atoms with Gasteiger partial charge in [-0.2, -0.15) is 0 Å². The molecule has 1 unspecified atom stereocenters. The van der Waals surface area contributed by atoms with E-state index in [2.05, 4.69) is 13.0 Å². The molecule has 0 saturated carbocycles. The summed E-state index contributed by atoms with van der Waals surface area (Å²) in [5.41, 5.74) is 2.68. The fraction of sp³-hybridized carbons (Fsp3) is 0.235. The van der Waals surface area contributed by atoms with Crippen LogP contribution in [0.25, 0.3) is 0 Å². The molecule has 0 radical (unpaired) electrons. The van der Waals surface area contributed by atoms with Gasteiger partial charge in [0.05, 0.1) is 11.1 Å². The van der Waals surface area contributed by atoms with Crippen molar-refractivity contribution in [3.05, 3.63) is 60.2 Å². The molecule has 1 amide bonds. The highest BCUT2D eigenvalue weighted by atomic mass is 16.2. The summed E-state index contributed by atoms with van der Waals surface area (Å²) in [5.74, 6) is 0.169. The molecule has 1 aliphatic rings. The molecular weight excluding hydrogens is 234 g/mol. The lowest BCUT2D eigenvalue weighted by atomic mass is 9.81. The summed E-state index contributed by atoms with van der Waals surface area (Å²) in [6.45, 7) is 4.11. The molecule has 1 atom stereocenters. The van der Waals surface area contributed by atoms with Crippen molar-refractivity contribution < 1.29 is 4.79 Å². The fourth-order valence-corrected chi connectivity index (χ4v) is 2.78. The zero-order chi connectivity index (χ0) is 13.5. The zero-order valence-corrected chi connectivity index (χ0v) is 11.3. The average Bonchev–Trinajstić information content (AvgIpc) is 2.70. The molecule has 2 heteroatoms. The highest BCUT2D eigenvalue weighted by Crippen LogP contribution is 2.46. The lowest BCUT2D eigenvalue weighted by molar-refractivity contribution is -0.122. The average molecular weight is 251 g/mol. The Morgan fingerprint density at radius 1 is 1.00 bits per heavy atom. The Morgan fingerprint density at radius 3 is 2.32 bits per heavy atom. The zero-order valence-electron chi connectivity index (χ0n) is 11.3. The van der Waals surface area contributed by atoms with Crippen molar-refractivity contribution in [2.45, 2.75) is 25.7 Å². The number of nitrogens with zero attached hydrogens (tertiary/aromatic N) is 1. The summed E-state index contributed by atoms with van der Waals surface area (Å²) < 4.78 is 0. The summed E-state index contributed by atoms with van der Waals surface area (Å²) >= 11 is 0. The van der Waals surface area contributed by atoms with Crippen LogP contribution in [0, 0.1) is 0 Å². The summed E-state index contributed by atoms with van der Waals surface area (Å²) in [4.78, 5) is 14.7. The minimum atomic E-state index is -0.410. The summed E-state index contributed by atoms with van der Waals surface area (Å²) in [5, 5.41) is 0. The van der Waals surface area contributed by atoms with E-state index in [1.807, 2.05) is 60.4 Å². The highest BCUT2D eigenvalue weighted by molar-refractivity contribution is 6.12. The molecule has 0 fully saturated rings. The van der Waals surface area contributed by atoms with E-state index in [1.165, 1.54) is 0 Å². The molecule has 1 aliphatic heterocycles. The Labute approximate surface area is 113 Å². The quantitative estimate of drug-likeness (QED) is 0.789. The van der Waals surface area contributed by atoms with Crippen molar-refractivity contribution in [2.75, 3.05) is 4.90 Å². The number of hydrogen-bond donors (Lipinski definition) is 0. The van der Waals surface area contributed by atoms with E-state index >= 15 is 0 Å². The molecule has 2 nitrogen and oxygen atoms in total. The van der Waals surface area contributed by atoms with Gasteiger partial charge in [0, 0.05) is 5.69 Å². The lowest BCUT2D eigenvalue weighted by Crippen LogP contribution is -2.35. The minimum absolute atomic E-state index is 0.169. The van der Waals surface area contributed by atoms with Crippen LogP contribution in [0.15, 0.2) is 54.6 Å². The predicted molar refractivity (Wildman–Crippen MR) is 77.7 cm³/mol. The van der Waals surface area contributed by atoms with Crippen LogP contribution in [0.5, 0.6) is 0 Å². The Morgan fingerprint density at radius 2 is 1.63 bits per heavy atom. The SMILES string of the molecule is CCC1(C)C(=O)N(c2ccccc2)c2ccccc21. The van der Waals surface area contributed by atoms with Gasteiger partial charge in [0.2, 0.25) is 5.91 Å². The van der Waals surface area contributed by atoms with E-state index in [0.29, 0.717) is 0 Å². The topological polar surface area (TPSA) is 20.3 Å². The fourth-order valence-electron chi connectivity index (χ4n) is 2.78. The van der Waals surface area contributed by atoms with E-state index in [9.17, 15) is 4.79 Å². The van der Waals surface area contributed by atoms with E-state index in [4.69, 9.17) is 0 Å². The second kappa shape index (κ2) is 4.23. The summed E-state index contributed by atoms with van der Waals surface area (Å²) in [6.07, 6.45) is 0.812. The first-order valence-corrected chi connectivity index (χ1v) is 6.67. The normalized spacial score (nSPS) is 21.6. The molecule has 2 aromatic rings. The van der Waals surface area contributed by atoms with Crippen molar-refractivity contribution in [3.8, 4) is 0 Å². The standard InChI is InChI=1S/C17H17NO/c1-3-17(2)14-11-7-8-12-15(14)18(16(17)19)13-9-5-4-6-10-13/h4-12H,3H2,1-2H3. The lowest BCUT2D eigenvalue weighted by Gasteiger charge is -2.22. The number of anilines is 2. The van der Waals surface area contributed by atoms with Gasteiger partial charge in [0.25, 0.3) is 0 Å². The van der Waals surface area contributed by atoms with Gasteiger partial charge < -0.3 is 0 Å². The number of carbonyl (C=O) groups excluding carboxylic acids is 1. The van der Waals surface area contributed by atoms with Crippen LogP contribution >= 0.6 is 0 Å². The van der Waals surface area contributed by atoms with E-state index in [0.717, 1.165) is 23.4 Å². The molecule has 96 valence electrons. The Balaban J connectivity index is 2.21. The number of rotatable bonds is 2.